The molecule has 1 aliphatic heterocycles. The third-order valence-corrected chi connectivity index (χ3v) is 6.47. The van der Waals surface area contributed by atoms with Gasteiger partial charge in [0.15, 0.2) is 5.65 Å². The van der Waals surface area contributed by atoms with E-state index in [0.29, 0.717) is 22.9 Å². The molecule has 6 rings (SSSR count). The number of ether oxygens (including phenoxy) is 1. The predicted octanol–water partition coefficient (Wildman–Crippen LogP) is 4.78. The Labute approximate surface area is 189 Å². The van der Waals surface area contributed by atoms with Gasteiger partial charge >= 0.3 is 0 Å². The molecule has 0 amide bonds. The van der Waals surface area contributed by atoms with Crippen LogP contribution in [0.25, 0.3) is 44.5 Å². The standard InChI is InChI=1S/C25H23FN6O/c1-33-18-7-15(6-17(26)9-18)21-12-28-13-23-19(21)10-22(30-23)24-20-8-16(11-29-25(20)32-31-24)14-2-4-27-5-3-14/h6-14,27,30H,2-5H2,1H3,(H,29,31,32). The van der Waals surface area contributed by atoms with E-state index in [1.54, 1.807) is 12.4 Å². The van der Waals surface area contributed by atoms with Crippen LogP contribution in [0.1, 0.15) is 24.3 Å². The SMILES string of the molecule is COc1cc(F)cc(-c2cncc3[nH]c(-c4[nH]nc5ncc(C6CCNCC6)cc45)cc23)c1. The van der Waals surface area contributed by atoms with Crippen LogP contribution in [-0.4, -0.2) is 45.3 Å². The molecule has 1 fully saturated rings. The highest BCUT2D eigenvalue weighted by Gasteiger charge is 2.19. The van der Waals surface area contributed by atoms with Gasteiger partial charge in [-0.05, 0) is 67.2 Å². The number of pyridine rings is 2. The summed E-state index contributed by atoms with van der Waals surface area (Å²) >= 11 is 0. The summed E-state index contributed by atoms with van der Waals surface area (Å²) in [5.74, 6) is 0.620. The molecule has 3 N–H and O–H groups in total. The number of aromatic nitrogens is 5. The minimum absolute atomic E-state index is 0.354. The summed E-state index contributed by atoms with van der Waals surface area (Å²) in [5, 5.41) is 12.9. The zero-order valence-electron chi connectivity index (χ0n) is 18.2. The van der Waals surface area contributed by atoms with E-state index in [9.17, 15) is 4.39 Å². The summed E-state index contributed by atoms with van der Waals surface area (Å²) in [6.07, 6.45) is 7.69. The first-order valence-electron chi connectivity index (χ1n) is 11.1. The highest BCUT2D eigenvalue weighted by Crippen LogP contribution is 2.35. The minimum Gasteiger partial charge on any atom is -0.497 e. The topological polar surface area (TPSA) is 91.5 Å². The molecular formula is C25H23FN6O. The number of hydrogen-bond donors (Lipinski definition) is 3. The van der Waals surface area contributed by atoms with E-state index >= 15 is 0 Å². The van der Waals surface area contributed by atoms with Gasteiger partial charge in [0, 0.05) is 34.8 Å². The van der Waals surface area contributed by atoms with Crippen molar-refractivity contribution in [3.05, 3.63) is 60.3 Å². The summed E-state index contributed by atoms with van der Waals surface area (Å²) < 4.78 is 19.4. The van der Waals surface area contributed by atoms with Gasteiger partial charge in [0.05, 0.1) is 30.2 Å². The monoisotopic (exact) mass is 442 g/mol. The number of hydrogen-bond acceptors (Lipinski definition) is 5. The fraction of sp³-hybridized carbons (Fsp3) is 0.240. The summed E-state index contributed by atoms with van der Waals surface area (Å²) in [6, 6.07) is 8.93. The lowest BCUT2D eigenvalue weighted by Gasteiger charge is -2.22. The number of nitrogens with one attached hydrogen (secondary N) is 3. The van der Waals surface area contributed by atoms with Crippen LogP contribution in [0.5, 0.6) is 5.75 Å². The molecule has 166 valence electrons. The maximum atomic E-state index is 14.2. The quantitative estimate of drug-likeness (QED) is 0.373. The number of H-pyrrole nitrogens is 2. The van der Waals surface area contributed by atoms with Crippen molar-refractivity contribution in [2.75, 3.05) is 20.2 Å². The lowest BCUT2D eigenvalue weighted by Crippen LogP contribution is -2.26. The number of benzene rings is 1. The molecule has 1 aliphatic rings. The van der Waals surface area contributed by atoms with Crippen molar-refractivity contribution in [1.29, 1.82) is 0 Å². The van der Waals surface area contributed by atoms with Gasteiger partial charge in [-0.2, -0.15) is 5.10 Å². The molecule has 5 heterocycles. The van der Waals surface area contributed by atoms with Crippen molar-refractivity contribution in [1.82, 2.24) is 30.5 Å². The molecule has 1 aromatic carbocycles. The summed E-state index contributed by atoms with van der Waals surface area (Å²) in [5.41, 5.74) is 6.09. The Morgan fingerprint density at radius 3 is 2.73 bits per heavy atom. The van der Waals surface area contributed by atoms with Crippen molar-refractivity contribution < 1.29 is 9.13 Å². The molecule has 8 heteroatoms. The highest BCUT2D eigenvalue weighted by atomic mass is 19.1. The molecule has 0 unspecified atom stereocenters. The lowest BCUT2D eigenvalue weighted by molar-refractivity contribution is 0.411. The molecule has 4 aromatic heterocycles. The zero-order chi connectivity index (χ0) is 22.4. The van der Waals surface area contributed by atoms with E-state index < -0.39 is 0 Å². The van der Waals surface area contributed by atoms with Crippen LogP contribution < -0.4 is 10.1 Å². The van der Waals surface area contributed by atoms with E-state index in [1.165, 1.54) is 24.8 Å². The van der Waals surface area contributed by atoms with Gasteiger partial charge in [-0.25, -0.2) is 9.37 Å². The third kappa shape index (κ3) is 3.52. The number of methoxy groups -OCH3 is 1. The second kappa shape index (κ2) is 7.97. The van der Waals surface area contributed by atoms with Crippen molar-refractivity contribution >= 4 is 21.9 Å². The van der Waals surface area contributed by atoms with Gasteiger partial charge < -0.3 is 15.0 Å². The number of rotatable bonds is 4. The molecule has 5 aromatic rings. The first kappa shape index (κ1) is 19.9. The molecular weight excluding hydrogens is 419 g/mol. The molecule has 0 bridgehead atoms. The van der Waals surface area contributed by atoms with Crippen molar-refractivity contribution in [3.8, 4) is 28.3 Å². The maximum Gasteiger partial charge on any atom is 0.181 e. The normalized spacial score (nSPS) is 14.8. The Morgan fingerprint density at radius 1 is 1.00 bits per heavy atom. The lowest BCUT2D eigenvalue weighted by atomic mass is 9.91. The maximum absolute atomic E-state index is 14.2. The van der Waals surface area contributed by atoms with Crippen LogP contribution >= 0.6 is 0 Å². The van der Waals surface area contributed by atoms with Crippen molar-refractivity contribution in [2.45, 2.75) is 18.8 Å². The Kier molecular flexibility index (Phi) is 4.80. The Morgan fingerprint density at radius 2 is 1.88 bits per heavy atom. The van der Waals surface area contributed by atoms with Crippen LogP contribution in [0.15, 0.2) is 48.9 Å². The van der Waals surface area contributed by atoms with E-state index in [2.05, 4.69) is 36.5 Å². The van der Waals surface area contributed by atoms with E-state index in [-0.39, 0.29) is 5.82 Å². The number of aromatic amines is 2. The smallest absolute Gasteiger partial charge is 0.181 e. The second-order valence-electron chi connectivity index (χ2n) is 8.47. The summed E-state index contributed by atoms with van der Waals surface area (Å²) in [4.78, 5) is 12.4. The molecule has 0 spiro atoms. The Bertz CT molecular complexity index is 1470. The van der Waals surface area contributed by atoms with Gasteiger partial charge in [0.2, 0.25) is 0 Å². The largest absolute Gasteiger partial charge is 0.497 e. The van der Waals surface area contributed by atoms with E-state index in [0.717, 1.165) is 59.2 Å². The summed E-state index contributed by atoms with van der Waals surface area (Å²) in [6.45, 7) is 2.06. The molecule has 33 heavy (non-hydrogen) atoms. The van der Waals surface area contributed by atoms with Gasteiger partial charge in [-0.15, -0.1) is 0 Å². The van der Waals surface area contributed by atoms with Gasteiger partial charge in [-0.3, -0.25) is 10.1 Å². The number of nitrogens with zero attached hydrogens (tertiary/aromatic N) is 3. The van der Waals surface area contributed by atoms with Crippen LogP contribution in [0.3, 0.4) is 0 Å². The highest BCUT2D eigenvalue weighted by molar-refractivity contribution is 6.00. The van der Waals surface area contributed by atoms with Crippen LogP contribution in [0, 0.1) is 5.82 Å². The predicted molar refractivity (Wildman–Crippen MR) is 126 cm³/mol. The molecule has 0 saturated carbocycles. The van der Waals surface area contributed by atoms with Crippen LogP contribution in [-0.2, 0) is 0 Å². The molecule has 7 nitrogen and oxygen atoms in total. The molecule has 1 saturated heterocycles. The van der Waals surface area contributed by atoms with E-state index in [1.807, 2.05) is 18.3 Å². The van der Waals surface area contributed by atoms with Crippen molar-refractivity contribution in [2.24, 2.45) is 0 Å². The second-order valence-corrected chi connectivity index (χ2v) is 8.47. The summed E-state index contributed by atoms with van der Waals surface area (Å²) in [7, 11) is 1.53. The molecule has 0 aliphatic carbocycles. The third-order valence-electron chi connectivity index (χ3n) is 6.47. The van der Waals surface area contributed by atoms with Crippen LogP contribution in [0.4, 0.5) is 4.39 Å². The van der Waals surface area contributed by atoms with Gasteiger partial charge in [0.25, 0.3) is 0 Å². The Hall–Kier alpha value is -3.78. The van der Waals surface area contributed by atoms with E-state index in [4.69, 9.17) is 4.74 Å². The fourth-order valence-electron chi connectivity index (χ4n) is 4.75. The number of piperidine rings is 1. The molecule has 0 radical (unpaired) electrons. The first-order valence-corrected chi connectivity index (χ1v) is 11.1. The van der Waals surface area contributed by atoms with Gasteiger partial charge in [-0.1, -0.05) is 0 Å². The number of halogens is 1. The average Bonchev–Trinajstić information content (AvgIpc) is 3.47. The molecule has 0 atom stereocenters. The minimum atomic E-state index is -0.354. The average molecular weight is 442 g/mol. The number of fused-ring (bicyclic) bond motifs is 2. The van der Waals surface area contributed by atoms with Crippen molar-refractivity contribution in [3.63, 3.8) is 0 Å². The fourth-order valence-corrected chi connectivity index (χ4v) is 4.75. The Balaban J connectivity index is 1.46. The van der Waals surface area contributed by atoms with Crippen LogP contribution in [0.2, 0.25) is 0 Å². The first-order chi connectivity index (χ1) is 16.2. The van der Waals surface area contributed by atoms with Gasteiger partial charge in [0.1, 0.15) is 11.6 Å². The zero-order valence-corrected chi connectivity index (χ0v) is 18.2.